The minimum Gasteiger partial charge on any atom is -0.611 e. The highest BCUT2D eigenvalue weighted by Gasteiger charge is 2.38. The van der Waals surface area contributed by atoms with Crippen molar-refractivity contribution in [2.24, 2.45) is 0 Å². The second-order valence-electron chi connectivity index (χ2n) is 6.79. The highest BCUT2D eigenvalue weighted by molar-refractivity contribution is 7.92. The predicted molar refractivity (Wildman–Crippen MR) is 102 cm³/mol. The molecule has 0 aliphatic carbocycles. The minimum atomic E-state index is -4.40. The molecule has 0 saturated carbocycles. The first-order valence-electron chi connectivity index (χ1n) is 8.94. The lowest BCUT2D eigenvalue weighted by Crippen LogP contribution is -2.28. The topological polar surface area (TPSA) is 45.2 Å². The molecule has 146 valence electrons. The van der Waals surface area contributed by atoms with Crippen LogP contribution in [0.3, 0.4) is 0 Å². The fraction of sp³-hybridized carbons (Fsp3) is 0.286. The van der Waals surface area contributed by atoms with Gasteiger partial charge in [0.2, 0.25) is 0 Å². The van der Waals surface area contributed by atoms with Crippen LogP contribution in [-0.4, -0.2) is 27.5 Å². The van der Waals surface area contributed by atoms with Crippen molar-refractivity contribution in [2.45, 2.75) is 35.8 Å². The van der Waals surface area contributed by atoms with Crippen LogP contribution < -0.4 is 0 Å². The summed E-state index contributed by atoms with van der Waals surface area (Å²) in [6, 6.07) is 12.3. The van der Waals surface area contributed by atoms with Gasteiger partial charge in [0.05, 0.1) is 28.6 Å². The number of para-hydroxylation sites is 1. The van der Waals surface area contributed by atoms with Gasteiger partial charge in [-0.2, -0.15) is 13.2 Å². The van der Waals surface area contributed by atoms with Gasteiger partial charge in [0.1, 0.15) is 11.4 Å². The minimum absolute atomic E-state index is 0.145. The molecule has 2 heterocycles. The number of pyridine rings is 1. The van der Waals surface area contributed by atoms with Crippen molar-refractivity contribution in [1.29, 1.82) is 0 Å². The number of aromatic nitrogens is 1. The lowest BCUT2D eigenvalue weighted by atomic mass is 10.0. The Morgan fingerprint density at radius 2 is 1.82 bits per heavy atom. The average Bonchev–Trinajstić information content (AvgIpc) is 3.12. The Morgan fingerprint density at radius 3 is 2.46 bits per heavy atom. The Kier molecular flexibility index (Phi) is 5.07. The van der Waals surface area contributed by atoms with Crippen molar-refractivity contribution in [3.8, 4) is 11.1 Å². The van der Waals surface area contributed by atoms with E-state index >= 15 is 0 Å². The first kappa shape index (κ1) is 19.2. The van der Waals surface area contributed by atoms with E-state index in [1.54, 1.807) is 6.20 Å². The lowest BCUT2D eigenvalue weighted by molar-refractivity contribution is -0.137. The van der Waals surface area contributed by atoms with Crippen LogP contribution in [0.5, 0.6) is 0 Å². The summed E-state index contributed by atoms with van der Waals surface area (Å²) >= 11 is -1.39. The lowest BCUT2D eigenvalue weighted by Gasteiger charge is -2.23. The summed E-state index contributed by atoms with van der Waals surface area (Å²) in [4.78, 5) is 5.03. The van der Waals surface area contributed by atoms with E-state index in [0.717, 1.165) is 17.5 Å². The molecule has 4 rings (SSSR count). The highest BCUT2D eigenvalue weighted by Crippen LogP contribution is 2.38. The van der Waals surface area contributed by atoms with Gasteiger partial charge in [-0.3, -0.25) is 4.98 Å². The SMILES string of the molecule is CC1OCCC1[S+]([O-])c1c(-c2ccc(C(F)(F)F)cc2)cnc2ccccc12. The maximum absolute atomic E-state index is 13.5. The third kappa shape index (κ3) is 3.50. The summed E-state index contributed by atoms with van der Waals surface area (Å²) in [6.07, 6.45) is -2.27. The van der Waals surface area contributed by atoms with E-state index < -0.39 is 22.9 Å². The Hall–Kier alpha value is -2.09. The van der Waals surface area contributed by atoms with Crippen LogP contribution in [-0.2, 0) is 22.1 Å². The van der Waals surface area contributed by atoms with Crippen molar-refractivity contribution in [3.63, 3.8) is 0 Å². The molecule has 28 heavy (non-hydrogen) atoms. The summed E-state index contributed by atoms with van der Waals surface area (Å²) in [7, 11) is 0. The van der Waals surface area contributed by atoms with Crippen LogP contribution in [0.15, 0.2) is 59.6 Å². The zero-order chi connectivity index (χ0) is 19.9. The summed E-state index contributed by atoms with van der Waals surface area (Å²) in [5.74, 6) is 0. The Balaban J connectivity index is 1.86. The van der Waals surface area contributed by atoms with Gasteiger partial charge in [0, 0.05) is 12.6 Å². The molecular weight excluding hydrogens is 387 g/mol. The van der Waals surface area contributed by atoms with E-state index in [4.69, 9.17) is 4.74 Å². The summed E-state index contributed by atoms with van der Waals surface area (Å²) in [5.41, 5.74) is 1.13. The smallest absolute Gasteiger partial charge is 0.416 e. The predicted octanol–water partition coefficient (Wildman–Crippen LogP) is 5.21. The van der Waals surface area contributed by atoms with E-state index in [-0.39, 0.29) is 11.4 Å². The zero-order valence-corrected chi connectivity index (χ0v) is 15.9. The van der Waals surface area contributed by atoms with Crippen molar-refractivity contribution in [2.75, 3.05) is 6.61 Å². The molecule has 1 aliphatic heterocycles. The molecule has 1 fully saturated rings. The fourth-order valence-electron chi connectivity index (χ4n) is 3.52. The van der Waals surface area contributed by atoms with Crippen LogP contribution in [0.25, 0.3) is 22.0 Å². The van der Waals surface area contributed by atoms with Crippen LogP contribution in [0, 0.1) is 0 Å². The van der Waals surface area contributed by atoms with Gasteiger partial charge in [0.25, 0.3) is 0 Å². The Labute approximate surface area is 163 Å². The van der Waals surface area contributed by atoms with E-state index in [9.17, 15) is 17.7 Å². The Morgan fingerprint density at radius 1 is 1.11 bits per heavy atom. The van der Waals surface area contributed by atoms with Gasteiger partial charge in [-0.25, -0.2) is 0 Å². The molecule has 2 aromatic carbocycles. The summed E-state index contributed by atoms with van der Waals surface area (Å²) in [5, 5.41) is 0.580. The van der Waals surface area contributed by atoms with E-state index in [1.165, 1.54) is 12.1 Å². The highest BCUT2D eigenvalue weighted by atomic mass is 32.2. The van der Waals surface area contributed by atoms with Gasteiger partial charge < -0.3 is 9.29 Å². The van der Waals surface area contributed by atoms with E-state index in [0.29, 0.717) is 34.6 Å². The van der Waals surface area contributed by atoms with Crippen molar-refractivity contribution >= 4 is 22.1 Å². The van der Waals surface area contributed by atoms with Gasteiger partial charge in [-0.15, -0.1) is 0 Å². The average molecular weight is 405 g/mol. The molecule has 7 heteroatoms. The third-order valence-corrected chi connectivity index (χ3v) is 7.04. The number of fused-ring (bicyclic) bond motifs is 1. The number of hydrogen-bond acceptors (Lipinski definition) is 3. The molecule has 3 atom stereocenters. The largest absolute Gasteiger partial charge is 0.611 e. The molecule has 0 spiro atoms. The fourth-order valence-corrected chi connectivity index (χ4v) is 5.34. The van der Waals surface area contributed by atoms with Gasteiger partial charge in [-0.05, 0) is 47.9 Å². The number of nitrogens with zero attached hydrogens (tertiary/aromatic N) is 1. The number of benzene rings is 2. The van der Waals surface area contributed by atoms with Crippen LogP contribution in [0.4, 0.5) is 13.2 Å². The molecule has 3 nitrogen and oxygen atoms in total. The van der Waals surface area contributed by atoms with Gasteiger partial charge in [-0.1, -0.05) is 24.3 Å². The van der Waals surface area contributed by atoms with Crippen LogP contribution in [0.1, 0.15) is 18.9 Å². The maximum atomic E-state index is 13.5. The van der Waals surface area contributed by atoms with Crippen molar-refractivity contribution in [3.05, 3.63) is 60.3 Å². The molecule has 1 aromatic heterocycles. The van der Waals surface area contributed by atoms with Crippen molar-refractivity contribution < 1.29 is 22.5 Å². The number of ether oxygens (including phenoxy) is 1. The molecule has 3 aromatic rings. The molecule has 1 saturated heterocycles. The second-order valence-corrected chi connectivity index (χ2v) is 8.40. The zero-order valence-electron chi connectivity index (χ0n) is 15.1. The first-order chi connectivity index (χ1) is 13.4. The van der Waals surface area contributed by atoms with Crippen LogP contribution >= 0.6 is 0 Å². The van der Waals surface area contributed by atoms with Gasteiger partial charge in [0.15, 0.2) is 4.90 Å². The summed E-state index contributed by atoms with van der Waals surface area (Å²) < 4.78 is 57.8. The molecule has 3 unspecified atom stereocenters. The van der Waals surface area contributed by atoms with E-state index in [2.05, 4.69) is 4.98 Å². The quantitative estimate of drug-likeness (QED) is 0.562. The normalized spacial score (nSPS) is 21.2. The number of halogens is 3. The molecule has 1 aliphatic rings. The monoisotopic (exact) mass is 405 g/mol. The molecule has 0 N–H and O–H groups in total. The number of hydrogen-bond donors (Lipinski definition) is 0. The second kappa shape index (κ2) is 7.39. The molecule has 0 amide bonds. The molecular formula is C21H18F3NO2S. The van der Waals surface area contributed by atoms with Crippen molar-refractivity contribution in [1.82, 2.24) is 4.98 Å². The number of alkyl halides is 3. The third-order valence-electron chi connectivity index (χ3n) is 5.03. The maximum Gasteiger partial charge on any atom is 0.416 e. The Bertz CT molecular complexity index is 991. The standard InChI is InChI=1S/C21H18F3NO2S/c1-13-19(10-11-27-13)28(26)20-16-4-2-3-5-18(16)25-12-17(20)14-6-8-15(9-7-14)21(22,23)24/h2-9,12-13,19H,10-11H2,1H3. The molecule has 0 radical (unpaired) electrons. The summed E-state index contributed by atoms with van der Waals surface area (Å²) in [6.45, 7) is 2.45. The number of rotatable bonds is 3. The van der Waals surface area contributed by atoms with Crippen LogP contribution in [0.2, 0.25) is 0 Å². The van der Waals surface area contributed by atoms with Gasteiger partial charge >= 0.3 is 6.18 Å². The first-order valence-corrected chi connectivity index (χ1v) is 10.1. The molecule has 0 bridgehead atoms. The van der Waals surface area contributed by atoms with E-state index in [1.807, 2.05) is 31.2 Å².